The van der Waals surface area contributed by atoms with Crippen LogP contribution in [0.2, 0.25) is 0 Å². The van der Waals surface area contributed by atoms with Gasteiger partial charge in [0.1, 0.15) is 0 Å². The maximum atomic E-state index is 14.6. The monoisotopic (exact) mass is 721 g/mol. The number of ether oxygens (including phenoxy) is 1. The highest BCUT2D eigenvalue weighted by molar-refractivity contribution is 6.03. The number of benzene rings is 3. The van der Waals surface area contributed by atoms with Crippen LogP contribution in [0.1, 0.15) is 47.9 Å². The van der Waals surface area contributed by atoms with Gasteiger partial charge in [0.05, 0.1) is 12.6 Å². The third-order valence-corrected chi connectivity index (χ3v) is 9.92. The van der Waals surface area contributed by atoms with E-state index >= 15 is 0 Å². The van der Waals surface area contributed by atoms with Crippen LogP contribution in [0.25, 0.3) is 5.57 Å². The number of amides is 2. The van der Waals surface area contributed by atoms with Crippen molar-refractivity contribution in [3.05, 3.63) is 106 Å². The van der Waals surface area contributed by atoms with E-state index in [4.69, 9.17) is 9.84 Å². The standard InChI is InChI=1S/C39H42F3N3O7/c1-22-4-6-24(7-5-22)16-17-45(27-12-13-27)37(48)32-28(19-26-20-44(21-31(32)43-26)38(49)34(46)35(47)39(50)51)25-10-8-23(9-11-25)3-2-18-52-36-30(41)15-14-29(40)33(36)42/h4-11,14-15,26-27,31,34-35,43,46-47H,2-3,12-13,16-21H2,1H3,(H,50,51)/t26-,31-,34+,35-/m1/s1. The van der Waals surface area contributed by atoms with Crippen LogP contribution < -0.4 is 10.1 Å². The number of nitrogens with zero attached hydrogens (tertiary/aromatic N) is 2. The number of rotatable bonds is 14. The van der Waals surface area contributed by atoms with Crippen molar-refractivity contribution in [3.63, 3.8) is 0 Å². The summed E-state index contributed by atoms with van der Waals surface area (Å²) >= 11 is 0. The number of carboxylic acids is 1. The molecule has 2 heterocycles. The second-order valence-corrected chi connectivity index (χ2v) is 13.8. The van der Waals surface area contributed by atoms with Crippen LogP contribution in [-0.4, -0.2) is 99.5 Å². The number of carbonyl (C=O) groups excluding carboxylic acids is 2. The minimum Gasteiger partial charge on any atom is -0.488 e. The van der Waals surface area contributed by atoms with Gasteiger partial charge in [0, 0.05) is 37.3 Å². The number of aliphatic carboxylic acids is 1. The molecule has 1 aliphatic carbocycles. The van der Waals surface area contributed by atoms with Gasteiger partial charge in [-0.05, 0) is 79.8 Å². The van der Waals surface area contributed by atoms with E-state index in [0.29, 0.717) is 43.9 Å². The summed E-state index contributed by atoms with van der Waals surface area (Å²) in [6.45, 7) is 2.60. The molecule has 13 heteroatoms. The Hall–Kier alpha value is -4.72. The van der Waals surface area contributed by atoms with E-state index in [1.165, 1.54) is 4.90 Å². The van der Waals surface area contributed by atoms with E-state index in [-0.39, 0.29) is 37.7 Å². The molecule has 52 heavy (non-hydrogen) atoms. The van der Waals surface area contributed by atoms with Crippen molar-refractivity contribution in [2.45, 2.75) is 75.8 Å². The summed E-state index contributed by atoms with van der Waals surface area (Å²) in [5, 5.41) is 32.9. The minimum absolute atomic E-state index is 0.00956. The summed E-state index contributed by atoms with van der Waals surface area (Å²) in [5.74, 6) is -7.08. The highest BCUT2D eigenvalue weighted by Gasteiger charge is 2.45. The Kier molecular flexibility index (Phi) is 11.3. The quantitative estimate of drug-likeness (QED) is 0.146. The molecule has 2 fully saturated rings. The van der Waals surface area contributed by atoms with Crippen LogP contribution in [0.15, 0.2) is 66.2 Å². The van der Waals surface area contributed by atoms with E-state index < -0.39 is 53.3 Å². The van der Waals surface area contributed by atoms with Crippen LogP contribution in [0.4, 0.5) is 13.2 Å². The first kappa shape index (κ1) is 37.1. The summed E-state index contributed by atoms with van der Waals surface area (Å²) in [6.07, 6.45) is -0.740. The minimum atomic E-state index is -2.28. The Labute approximate surface area is 299 Å². The van der Waals surface area contributed by atoms with Gasteiger partial charge in [0.15, 0.2) is 29.6 Å². The van der Waals surface area contributed by atoms with Crippen molar-refractivity contribution < 1.29 is 47.6 Å². The highest BCUT2D eigenvalue weighted by Crippen LogP contribution is 2.37. The van der Waals surface area contributed by atoms with Crippen molar-refractivity contribution in [1.29, 1.82) is 0 Å². The zero-order chi connectivity index (χ0) is 37.1. The number of aryl methyl sites for hydroxylation is 2. The van der Waals surface area contributed by atoms with Gasteiger partial charge in [-0.3, -0.25) is 9.59 Å². The largest absolute Gasteiger partial charge is 0.488 e. The highest BCUT2D eigenvalue weighted by atomic mass is 19.2. The van der Waals surface area contributed by atoms with Crippen molar-refractivity contribution in [2.24, 2.45) is 0 Å². The molecule has 0 spiro atoms. The van der Waals surface area contributed by atoms with E-state index in [0.717, 1.165) is 46.7 Å². The summed E-state index contributed by atoms with van der Waals surface area (Å²) < 4.78 is 46.6. The van der Waals surface area contributed by atoms with Gasteiger partial charge in [-0.15, -0.1) is 0 Å². The molecular formula is C39H42F3N3O7. The number of carboxylic acid groups (broad SMARTS) is 1. The number of aliphatic hydroxyl groups is 2. The number of carbonyl (C=O) groups is 3. The van der Waals surface area contributed by atoms with Crippen molar-refractivity contribution in [1.82, 2.24) is 15.1 Å². The van der Waals surface area contributed by atoms with Crippen LogP contribution in [0, 0.1) is 24.4 Å². The summed E-state index contributed by atoms with van der Waals surface area (Å²) in [7, 11) is 0. The van der Waals surface area contributed by atoms with E-state index in [1.807, 2.05) is 48.2 Å². The number of nitrogens with one attached hydrogen (secondary N) is 1. The van der Waals surface area contributed by atoms with Gasteiger partial charge >= 0.3 is 5.97 Å². The fraction of sp³-hybridized carbons (Fsp3) is 0.410. The smallest absolute Gasteiger partial charge is 0.335 e. The molecule has 3 aromatic rings. The van der Waals surface area contributed by atoms with Crippen molar-refractivity contribution in [3.8, 4) is 5.75 Å². The Balaban J connectivity index is 1.23. The third kappa shape index (κ3) is 8.32. The number of piperazine rings is 1. The van der Waals surface area contributed by atoms with E-state index in [2.05, 4.69) is 17.4 Å². The molecule has 2 amide bonds. The lowest BCUT2D eigenvalue weighted by Gasteiger charge is -2.45. The molecule has 0 unspecified atom stereocenters. The SMILES string of the molecule is Cc1ccc(CCN(C(=O)C2=C(c3ccc(CCCOc4c(F)ccc(F)c4F)cc3)C[C@@H]3CN(C(=O)[C@@H](O)[C@@H](O)C(=O)O)C[C@H]2N3)C2CC2)cc1. The van der Waals surface area contributed by atoms with Gasteiger partial charge in [0.25, 0.3) is 11.8 Å². The predicted molar refractivity (Wildman–Crippen MR) is 185 cm³/mol. The topological polar surface area (TPSA) is 140 Å². The first-order chi connectivity index (χ1) is 24.9. The van der Waals surface area contributed by atoms with Crippen molar-refractivity contribution in [2.75, 3.05) is 26.2 Å². The Morgan fingerprint density at radius 1 is 0.904 bits per heavy atom. The maximum absolute atomic E-state index is 14.6. The number of hydrogen-bond donors (Lipinski definition) is 4. The second-order valence-electron chi connectivity index (χ2n) is 13.8. The molecule has 0 radical (unpaired) electrons. The fourth-order valence-electron chi connectivity index (χ4n) is 6.96. The van der Waals surface area contributed by atoms with E-state index in [1.54, 1.807) is 0 Å². The lowest BCUT2D eigenvalue weighted by molar-refractivity contribution is -0.163. The molecule has 3 aromatic carbocycles. The third-order valence-electron chi connectivity index (χ3n) is 9.92. The van der Waals surface area contributed by atoms with Gasteiger partial charge in [-0.25, -0.2) is 13.6 Å². The van der Waals surface area contributed by atoms with Crippen LogP contribution in [0.5, 0.6) is 5.75 Å². The molecule has 2 aliphatic heterocycles. The summed E-state index contributed by atoms with van der Waals surface area (Å²) in [6, 6.07) is 16.5. The molecule has 1 saturated carbocycles. The van der Waals surface area contributed by atoms with Crippen molar-refractivity contribution >= 4 is 23.4 Å². The van der Waals surface area contributed by atoms with Crippen LogP contribution in [0.3, 0.4) is 0 Å². The number of aliphatic hydroxyl groups excluding tert-OH is 2. The normalized spacial score (nSPS) is 19.6. The van der Waals surface area contributed by atoms with Gasteiger partial charge in [0.2, 0.25) is 5.82 Å². The number of halogens is 3. The van der Waals surface area contributed by atoms with Crippen LogP contribution >= 0.6 is 0 Å². The Morgan fingerprint density at radius 2 is 1.56 bits per heavy atom. The first-order valence-corrected chi connectivity index (χ1v) is 17.5. The molecular weight excluding hydrogens is 679 g/mol. The van der Waals surface area contributed by atoms with E-state index in [9.17, 15) is 37.8 Å². The zero-order valence-electron chi connectivity index (χ0n) is 28.7. The molecule has 10 nitrogen and oxygen atoms in total. The average molecular weight is 722 g/mol. The number of hydrogen-bond acceptors (Lipinski definition) is 7. The van der Waals surface area contributed by atoms with Gasteiger partial charge in [-0.1, -0.05) is 54.1 Å². The summed E-state index contributed by atoms with van der Waals surface area (Å²) in [4.78, 5) is 42.3. The molecule has 4 atom stereocenters. The maximum Gasteiger partial charge on any atom is 0.335 e. The lowest BCUT2D eigenvalue weighted by Crippen LogP contribution is -2.64. The van der Waals surface area contributed by atoms with Gasteiger partial charge < -0.3 is 35.2 Å². The summed E-state index contributed by atoms with van der Waals surface area (Å²) in [5.41, 5.74) is 5.30. The lowest BCUT2D eigenvalue weighted by atomic mass is 9.82. The zero-order valence-corrected chi connectivity index (χ0v) is 28.7. The Morgan fingerprint density at radius 3 is 2.23 bits per heavy atom. The molecule has 0 aromatic heterocycles. The molecule has 6 rings (SSSR count). The van der Waals surface area contributed by atoms with Crippen LogP contribution in [-0.2, 0) is 27.2 Å². The predicted octanol–water partition coefficient (Wildman–Crippen LogP) is 3.79. The molecule has 4 N–H and O–H groups in total. The fourth-order valence-corrected chi connectivity index (χ4v) is 6.96. The molecule has 3 aliphatic rings. The molecule has 276 valence electrons. The second kappa shape index (κ2) is 15.9. The average Bonchev–Trinajstić information content (AvgIpc) is 3.98. The number of fused-ring (bicyclic) bond motifs is 2. The molecule has 2 bridgehead atoms. The van der Waals surface area contributed by atoms with Gasteiger partial charge in [-0.2, -0.15) is 4.39 Å². The first-order valence-electron chi connectivity index (χ1n) is 17.5. The molecule has 1 saturated heterocycles. The Bertz CT molecular complexity index is 1830.